The molecule has 0 rings (SSSR count). The lowest BCUT2D eigenvalue weighted by Gasteiger charge is -2.18. The zero-order valence-electron chi connectivity index (χ0n) is 7.27. The minimum atomic E-state index is -1.37. The van der Waals surface area contributed by atoms with E-state index in [9.17, 15) is 0 Å². The summed E-state index contributed by atoms with van der Waals surface area (Å²) >= 11 is 0. The molecule has 0 radical (unpaired) electrons. The first-order chi connectivity index (χ1) is 4.45. The van der Waals surface area contributed by atoms with E-state index in [0.717, 1.165) is 5.76 Å². The summed E-state index contributed by atoms with van der Waals surface area (Å²) in [6.07, 6.45) is 3.63. The third-order valence-corrected chi connectivity index (χ3v) is 1.75. The SMILES string of the molecule is C=CC=C(C)O[Si](C)(C)C. The molecule has 10 heavy (non-hydrogen) atoms. The molecule has 58 valence electrons. The Kier molecular flexibility index (Phi) is 3.43. The third-order valence-electron chi connectivity index (χ3n) is 0.820. The molecule has 0 atom stereocenters. The molecule has 0 unspecified atom stereocenters. The van der Waals surface area contributed by atoms with Gasteiger partial charge in [-0.25, -0.2) is 0 Å². The highest BCUT2D eigenvalue weighted by Gasteiger charge is 2.14. The van der Waals surface area contributed by atoms with Gasteiger partial charge in [0.1, 0.15) is 0 Å². The van der Waals surface area contributed by atoms with Crippen LogP contribution < -0.4 is 0 Å². The van der Waals surface area contributed by atoms with Crippen LogP contribution in [-0.4, -0.2) is 8.32 Å². The van der Waals surface area contributed by atoms with Crippen LogP contribution >= 0.6 is 0 Å². The van der Waals surface area contributed by atoms with Crippen molar-refractivity contribution < 1.29 is 4.43 Å². The summed E-state index contributed by atoms with van der Waals surface area (Å²) in [5, 5.41) is 0. The van der Waals surface area contributed by atoms with Crippen molar-refractivity contribution in [1.82, 2.24) is 0 Å². The Labute approximate surface area is 64.5 Å². The molecule has 0 amide bonds. The average molecular weight is 156 g/mol. The van der Waals surface area contributed by atoms with E-state index in [1.54, 1.807) is 6.08 Å². The molecular formula is C8H16OSi. The highest BCUT2D eigenvalue weighted by molar-refractivity contribution is 6.70. The molecule has 0 aromatic carbocycles. The summed E-state index contributed by atoms with van der Waals surface area (Å²) in [5.74, 6) is 0.967. The first-order valence-electron chi connectivity index (χ1n) is 3.44. The third kappa shape index (κ3) is 5.63. The summed E-state index contributed by atoms with van der Waals surface area (Å²) in [4.78, 5) is 0. The van der Waals surface area contributed by atoms with E-state index < -0.39 is 8.32 Å². The number of rotatable bonds is 3. The van der Waals surface area contributed by atoms with Crippen LogP contribution in [0.25, 0.3) is 0 Å². The normalized spacial score (nSPS) is 13.0. The molecule has 0 aromatic rings. The van der Waals surface area contributed by atoms with E-state index in [4.69, 9.17) is 4.43 Å². The molecule has 0 N–H and O–H groups in total. The average Bonchev–Trinajstić information content (AvgIpc) is 1.59. The summed E-state index contributed by atoms with van der Waals surface area (Å²) in [6, 6.07) is 0. The highest BCUT2D eigenvalue weighted by Crippen LogP contribution is 2.08. The van der Waals surface area contributed by atoms with Gasteiger partial charge < -0.3 is 4.43 Å². The Morgan fingerprint density at radius 3 is 2.20 bits per heavy atom. The fourth-order valence-corrected chi connectivity index (χ4v) is 1.72. The number of allylic oxidation sites excluding steroid dienone is 3. The Hall–Kier alpha value is -0.503. The lowest BCUT2D eigenvalue weighted by molar-refractivity contribution is 0.424. The molecule has 0 aliphatic rings. The van der Waals surface area contributed by atoms with Crippen molar-refractivity contribution in [1.29, 1.82) is 0 Å². The van der Waals surface area contributed by atoms with E-state index in [-0.39, 0.29) is 0 Å². The summed E-state index contributed by atoms with van der Waals surface area (Å²) in [7, 11) is -1.37. The maximum atomic E-state index is 5.61. The molecule has 1 nitrogen and oxygen atoms in total. The van der Waals surface area contributed by atoms with E-state index in [0.29, 0.717) is 0 Å². The van der Waals surface area contributed by atoms with Gasteiger partial charge in [0.05, 0.1) is 5.76 Å². The van der Waals surface area contributed by atoms with Crippen LogP contribution in [-0.2, 0) is 4.43 Å². The quantitative estimate of drug-likeness (QED) is 0.347. The van der Waals surface area contributed by atoms with Crippen molar-refractivity contribution in [3.8, 4) is 0 Å². The fourth-order valence-electron chi connectivity index (χ4n) is 0.683. The van der Waals surface area contributed by atoms with Crippen molar-refractivity contribution in [3.63, 3.8) is 0 Å². The van der Waals surface area contributed by atoms with Crippen LogP contribution in [0.5, 0.6) is 0 Å². The van der Waals surface area contributed by atoms with Crippen LogP contribution in [0, 0.1) is 0 Å². The molecule has 0 aliphatic carbocycles. The van der Waals surface area contributed by atoms with Crippen molar-refractivity contribution in [2.75, 3.05) is 0 Å². The Bertz CT molecular complexity index is 142. The minimum absolute atomic E-state index is 0.967. The molecule has 0 bridgehead atoms. The molecule has 0 saturated heterocycles. The van der Waals surface area contributed by atoms with Gasteiger partial charge in [-0.1, -0.05) is 12.7 Å². The predicted octanol–water partition coefficient (Wildman–Crippen LogP) is 2.93. The van der Waals surface area contributed by atoms with Crippen LogP contribution in [0.1, 0.15) is 6.92 Å². The molecule has 0 spiro atoms. The van der Waals surface area contributed by atoms with Gasteiger partial charge in [-0.05, 0) is 32.6 Å². The van der Waals surface area contributed by atoms with E-state index in [1.807, 2.05) is 13.0 Å². The van der Waals surface area contributed by atoms with Gasteiger partial charge in [-0.2, -0.15) is 0 Å². The smallest absolute Gasteiger partial charge is 0.241 e. The maximum absolute atomic E-state index is 5.61. The first-order valence-corrected chi connectivity index (χ1v) is 6.85. The van der Waals surface area contributed by atoms with Crippen molar-refractivity contribution in [2.24, 2.45) is 0 Å². The summed E-state index contributed by atoms with van der Waals surface area (Å²) in [5.41, 5.74) is 0. The molecule has 0 heterocycles. The number of hydrogen-bond donors (Lipinski definition) is 0. The predicted molar refractivity (Wildman–Crippen MR) is 48.4 cm³/mol. The van der Waals surface area contributed by atoms with Gasteiger partial charge in [0.2, 0.25) is 8.32 Å². The van der Waals surface area contributed by atoms with E-state index >= 15 is 0 Å². The zero-order valence-corrected chi connectivity index (χ0v) is 8.27. The number of hydrogen-bond acceptors (Lipinski definition) is 1. The van der Waals surface area contributed by atoms with Crippen molar-refractivity contribution in [2.45, 2.75) is 26.6 Å². The fraction of sp³-hybridized carbons (Fsp3) is 0.500. The van der Waals surface area contributed by atoms with Crippen LogP contribution in [0.3, 0.4) is 0 Å². The Balaban J connectivity index is 3.91. The van der Waals surface area contributed by atoms with Crippen molar-refractivity contribution in [3.05, 3.63) is 24.5 Å². The lowest BCUT2D eigenvalue weighted by atomic mass is 10.5. The highest BCUT2D eigenvalue weighted by atomic mass is 28.4. The Morgan fingerprint density at radius 1 is 1.40 bits per heavy atom. The summed E-state index contributed by atoms with van der Waals surface area (Å²) < 4.78 is 5.61. The standard InChI is InChI=1S/C8H16OSi/c1-6-7-8(2)9-10(3,4)5/h6-7H,1H2,2-5H3. The van der Waals surface area contributed by atoms with Crippen LogP contribution in [0.15, 0.2) is 24.5 Å². The van der Waals surface area contributed by atoms with Gasteiger partial charge in [-0.15, -0.1) is 0 Å². The zero-order chi connectivity index (χ0) is 8.20. The molecule has 0 saturated carbocycles. The topological polar surface area (TPSA) is 9.23 Å². The molecular weight excluding hydrogens is 140 g/mol. The second kappa shape index (κ2) is 3.61. The van der Waals surface area contributed by atoms with E-state index in [2.05, 4.69) is 26.2 Å². The minimum Gasteiger partial charge on any atom is -0.548 e. The van der Waals surface area contributed by atoms with Crippen molar-refractivity contribution >= 4 is 8.32 Å². The second-order valence-electron chi connectivity index (χ2n) is 3.23. The van der Waals surface area contributed by atoms with Gasteiger partial charge in [0.25, 0.3) is 0 Å². The molecule has 0 aliphatic heterocycles. The molecule has 2 heteroatoms. The monoisotopic (exact) mass is 156 g/mol. The van der Waals surface area contributed by atoms with Gasteiger partial charge >= 0.3 is 0 Å². The largest absolute Gasteiger partial charge is 0.548 e. The lowest BCUT2D eigenvalue weighted by Crippen LogP contribution is -2.23. The van der Waals surface area contributed by atoms with E-state index in [1.165, 1.54) is 0 Å². The molecule has 0 aromatic heterocycles. The van der Waals surface area contributed by atoms with Gasteiger partial charge in [-0.3, -0.25) is 0 Å². The van der Waals surface area contributed by atoms with Crippen LogP contribution in [0.4, 0.5) is 0 Å². The molecule has 0 fully saturated rings. The van der Waals surface area contributed by atoms with Crippen LogP contribution in [0.2, 0.25) is 19.6 Å². The van der Waals surface area contributed by atoms with Gasteiger partial charge in [0.15, 0.2) is 0 Å². The first kappa shape index (κ1) is 9.50. The van der Waals surface area contributed by atoms with Gasteiger partial charge in [0, 0.05) is 0 Å². The maximum Gasteiger partial charge on any atom is 0.241 e. The second-order valence-corrected chi connectivity index (χ2v) is 7.66. The summed E-state index contributed by atoms with van der Waals surface area (Å²) in [6.45, 7) is 12.0. The Morgan fingerprint density at radius 2 is 1.90 bits per heavy atom.